The number of carbonyl (C=O) groups excluding carboxylic acids is 1. The zero-order chi connectivity index (χ0) is 18.5. The lowest BCUT2D eigenvalue weighted by Crippen LogP contribution is -2.29. The fourth-order valence-corrected chi connectivity index (χ4v) is 3.11. The number of hydrogen-bond donors (Lipinski definition) is 3. The highest BCUT2D eigenvalue weighted by Crippen LogP contribution is 2.34. The van der Waals surface area contributed by atoms with Gasteiger partial charge >= 0.3 is 6.03 Å². The third-order valence-electron chi connectivity index (χ3n) is 4.09. The molecule has 0 saturated carbocycles. The molecule has 1 aromatic carbocycles. The van der Waals surface area contributed by atoms with E-state index in [1.807, 2.05) is 0 Å². The number of phenolic OH excluding ortho intramolecular Hbond substituents is 1. The van der Waals surface area contributed by atoms with E-state index in [1.165, 1.54) is 63.5 Å². The van der Waals surface area contributed by atoms with Crippen LogP contribution in [0.4, 0.5) is 10.5 Å². The molecule has 1 aromatic rings. The van der Waals surface area contributed by atoms with Crippen molar-refractivity contribution < 1.29 is 9.90 Å². The minimum absolute atomic E-state index is 0.109. The van der Waals surface area contributed by atoms with E-state index < -0.39 is 0 Å². The molecular formula is C19H30Cl2N2O2. The van der Waals surface area contributed by atoms with Gasteiger partial charge in [-0.25, -0.2) is 4.79 Å². The molecule has 0 atom stereocenters. The van der Waals surface area contributed by atoms with E-state index in [4.69, 9.17) is 23.2 Å². The Balaban J connectivity index is 2.04. The van der Waals surface area contributed by atoms with Crippen molar-refractivity contribution in [3.63, 3.8) is 0 Å². The number of hydrogen-bond acceptors (Lipinski definition) is 2. The highest BCUT2D eigenvalue weighted by atomic mass is 35.5. The van der Waals surface area contributed by atoms with Crippen molar-refractivity contribution in [3.8, 4) is 5.75 Å². The second kappa shape index (κ2) is 13.1. The number of anilines is 1. The molecule has 25 heavy (non-hydrogen) atoms. The first-order valence-corrected chi connectivity index (χ1v) is 10.0. The van der Waals surface area contributed by atoms with Crippen molar-refractivity contribution in [3.05, 3.63) is 22.2 Å². The van der Waals surface area contributed by atoms with Gasteiger partial charge in [0.2, 0.25) is 0 Å². The Hall–Kier alpha value is -1.13. The first-order chi connectivity index (χ1) is 12.0. The van der Waals surface area contributed by atoms with Gasteiger partial charge in [0.1, 0.15) is 0 Å². The molecule has 0 aliphatic rings. The molecule has 142 valence electrons. The van der Waals surface area contributed by atoms with Gasteiger partial charge in [-0.15, -0.1) is 0 Å². The van der Waals surface area contributed by atoms with Gasteiger partial charge in [0.05, 0.1) is 10.0 Å². The van der Waals surface area contributed by atoms with Crippen LogP contribution < -0.4 is 10.6 Å². The minimum atomic E-state index is -0.297. The molecule has 0 fully saturated rings. The van der Waals surface area contributed by atoms with Gasteiger partial charge in [0, 0.05) is 12.2 Å². The van der Waals surface area contributed by atoms with Gasteiger partial charge in [-0.3, -0.25) is 0 Å². The predicted octanol–water partition coefficient (Wildman–Crippen LogP) is 6.74. The molecule has 4 nitrogen and oxygen atoms in total. The lowest BCUT2D eigenvalue weighted by atomic mass is 10.1. The number of unbranched alkanes of at least 4 members (excludes halogenated alkanes) is 9. The monoisotopic (exact) mass is 388 g/mol. The molecule has 0 radical (unpaired) electrons. The van der Waals surface area contributed by atoms with Crippen LogP contribution in [-0.2, 0) is 0 Å². The topological polar surface area (TPSA) is 61.4 Å². The first kappa shape index (κ1) is 21.9. The second-order valence-corrected chi connectivity index (χ2v) is 7.17. The third-order valence-corrected chi connectivity index (χ3v) is 4.67. The van der Waals surface area contributed by atoms with E-state index in [-0.39, 0.29) is 21.8 Å². The maximum Gasteiger partial charge on any atom is 0.319 e. The minimum Gasteiger partial charge on any atom is -0.505 e. The highest BCUT2D eigenvalue weighted by Gasteiger charge is 2.08. The molecule has 6 heteroatoms. The Morgan fingerprint density at radius 1 is 0.920 bits per heavy atom. The van der Waals surface area contributed by atoms with Crippen LogP contribution in [0.5, 0.6) is 5.75 Å². The Kier molecular flexibility index (Phi) is 11.5. The van der Waals surface area contributed by atoms with Gasteiger partial charge < -0.3 is 15.7 Å². The van der Waals surface area contributed by atoms with Crippen LogP contribution in [-0.4, -0.2) is 17.7 Å². The lowest BCUT2D eigenvalue weighted by Gasteiger charge is -2.09. The maximum atomic E-state index is 11.8. The number of urea groups is 1. The molecule has 0 aliphatic heterocycles. The summed E-state index contributed by atoms with van der Waals surface area (Å²) in [5, 5.41) is 15.2. The van der Waals surface area contributed by atoms with Crippen LogP contribution in [0.15, 0.2) is 12.1 Å². The summed E-state index contributed by atoms with van der Waals surface area (Å²) in [7, 11) is 0. The second-order valence-electron chi connectivity index (χ2n) is 6.35. The van der Waals surface area contributed by atoms with Crippen molar-refractivity contribution in [2.45, 2.75) is 71.1 Å². The Labute approximate surface area is 161 Å². The third kappa shape index (κ3) is 9.81. The number of nitrogens with one attached hydrogen (secondary N) is 2. The smallest absolute Gasteiger partial charge is 0.319 e. The fourth-order valence-electron chi connectivity index (χ4n) is 2.63. The zero-order valence-corrected chi connectivity index (χ0v) is 16.6. The van der Waals surface area contributed by atoms with E-state index in [0.717, 1.165) is 12.8 Å². The zero-order valence-electron chi connectivity index (χ0n) is 15.0. The van der Waals surface area contributed by atoms with Crippen LogP contribution in [0.1, 0.15) is 71.1 Å². The number of benzene rings is 1. The number of amides is 2. The summed E-state index contributed by atoms with van der Waals surface area (Å²) >= 11 is 11.6. The standard InChI is InChI=1S/C19H30Cl2N2O2/c1-2-3-4-5-6-7-8-9-10-11-12-22-19(25)23-15-13-16(20)18(24)17(21)14-15/h13-14,24H,2-12H2,1H3,(H2,22,23,25). The van der Waals surface area contributed by atoms with Crippen molar-refractivity contribution in [1.29, 1.82) is 0 Å². The molecule has 3 N–H and O–H groups in total. The van der Waals surface area contributed by atoms with Crippen LogP contribution >= 0.6 is 23.2 Å². The first-order valence-electron chi connectivity index (χ1n) is 9.27. The van der Waals surface area contributed by atoms with Crippen LogP contribution in [0.2, 0.25) is 10.0 Å². The van der Waals surface area contributed by atoms with E-state index in [2.05, 4.69) is 17.6 Å². The molecule has 0 heterocycles. The lowest BCUT2D eigenvalue weighted by molar-refractivity contribution is 0.252. The van der Waals surface area contributed by atoms with Crippen molar-refractivity contribution in [2.24, 2.45) is 0 Å². The summed E-state index contributed by atoms with van der Waals surface area (Å²) in [5.74, 6) is -0.181. The highest BCUT2D eigenvalue weighted by molar-refractivity contribution is 6.37. The molecular weight excluding hydrogens is 359 g/mol. The normalized spacial score (nSPS) is 10.7. The summed E-state index contributed by atoms with van der Waals surface area (Å²) in [5.41, 5.74) is 0.452. The molecule has 0 aliphatic carbocycles. The average Bonchev–Trinajstić information content (AvgIpc) is 2.57. The van der Waals surface area contributed by atoms with Gasteiger partial charge in [0.25, 0.3) is 0 Å². The van der Waals surface area contributed by atoms with Gasteiger partial charge in [0.15, 0.2) is 5.75 Å². The van der Waals surface area contributed by atoms with Gasteiger partial charge in [-0.1, -0.05) is 87.9 Å². The molecule has 0 unspecified atom stereocenters. The summed E-state index contributed by atoms with van der Waals surface area (Å²) in [4.78, 5) is 11.8. The van der Waals surface area contributed by atoms with Crippen molar-refractivity contribution in [2.75, 3.05) is 11.9 Å². The Morgan fingerprint density at radius 2 is 1.40 bits per heavy atom. The van der Waals surface area contributed by atoms with E-state index >= 15 is 0 Å². The van der Waals surface area contributed by atoms with Gasteiger partial charge in [-0.05, 0) is 18.6 Å². The molecule has 0 aromatic heterocycles. The molecule has 1 rings (SSSR count). The van der Waals surface area contributed by atoms with Crippen molar-refractivity contribution in [1.82, 2.24) is 5.32 Å². The van der Waals surface area contributed by atoms with E-state index in [1.54, 1.807) is 0 Å². The molecule has 0 spiro atoms. The number of rotatable bonds is 12. The molecule has 0 bridgehead atoms. The summed E-state index contributed by atoms with van der Waals surface area (Å²) < 4.78 is 0. The Bertz CT molecular complexity index is 501. The summed E-state index contributed by atoms with van der Waals surface area (Å²) in [6, 6.07) is 2.62. The largest absolute Gasteiger partial charge is 0.505 e. The van der Waals surface area contributed by atoms with Crippen molar-refractivity contribution >= 4 is 34.9 Å². The summed E-state index contributed by atoms with van der Waals surface area (Å²) in [6.07, 6.45) is 12.7. The molecule has 2 amide bonds. The number of phenols is 1. The van der Waals surface area contributed by atoms with E-state index in [0.29, 0.717) is 12.2 Å². The number of halogens is 2. The maximum absolute atomic E-state index is 11.8. The predicted molar refractivity (Wildman–Crippen MR) is 107 cm³/mol. The average molecular weight is 389 g/mol. The number of carbonyl (C=O) groups is 1. The molecule has 0 saturated heterocycles. The number of aromatic hydroxyl groups is 1. The SMILES string of the molecule is CCCCCCCCCCCCNC(=O)Nc1cc(Cl)c(O)c(Cl)c1. The van der Waals surface area contributed by atoms with Crippen LogP contribution in [0.25, 0.3) is 0 Å². The van der Waals surface area contributed by atoms with E-state index in [9.17, 15) is 9.90 Å². The van der Waals surface area contributed by atoms with Gasteiger partial charge in [-0.2, -0.15) is 0 Å². The Morgan fingerprint density at radius 3 is 1.92 bits per heavy atom. The van der Waals surface area contributed by atoms with Crippen LogP contribution in [0, 0.1) is 0 Å². The quantitative estimate of drug-likeness (QED) is 0.274. The fraction of sp³-hybridized carbons (Fsp3) is 0.632. The summed E-state index contributed by atoms with van der Waals surface area (Å²) in [6.45, 7) is 2.88. The van der Waals surface area contributed by atoms with Crippen LogP contribution in [0.3, 0.4) is 0 Å².